The maximum absolute atomic E-state index is 4.65. The molecule has 0 aliphatic heterocycles. The lowest BCUT2D eigenvalue weighted by atomic mass is 10.0. The molecule has 2 aromatic rings. The summed E-state index contributed by atoms with van der Waals surface area (Å²) in [6.45, 7) is 0. The van der Waals surface area contributed by atoms with Crippen molar-refractivity contribution >= 4 is 27.1 Å². The summed E-state index contributed by atoms with van der Waals surface area (Å²) in [4.78, 5) is 8.77. The van der Waals surface area contributed by atoms with Gasteiger partial charge in [-0.25, -0.2) is 4.98 Å². The number of thiazole rings is 1. The molecule has 3 rings (SSSR count). The Morgan fingerprint density at radius 2 is 2.27 bits per heavy atom. The second-order valence-electron chi connectivity index (χ2n) is 3.84. The van der Waals surface area contributed by atoms with Gasteiger partial charge in [0.2, 0.25) is 0 Å². The standard InChI is InChI=1S/C12H12N2S/c1-2-4-9(5-3-1)12-14-10-6-7-13-8-11(10)15-12/h4,6-8H,1-3,5H2. The van der Waals surface area contributed by atoms with Crippen molar-refractivity contribution in [2.24, 2.45) is 0 Å². The molecular weight excluding hydrogens is 204 g/mol. The fourth-order valence-electron chi connectivity index (χ4n) is 1.95. The van der Waals surface area contributed by atoms with Crippen LogP contribution in [0.5, 0.6) is 0 Å². The number of hydrogen-bond acceptors (Lipinski definition) is 3. The van der Waals surface area contributed by atoms with Crippen LogP contribution in [0.2, 0.25) is 0 Å². The van der Waals surface area contributed by atoms with Crippen molar-refractivity contribution in [3.05, 3.63) is 29.5 Å². The maximum atomic E-state index is 4.65. The average Bonchev–Trinajstić information content (AvgIpc) is 2.74. The van der Waals surface area contributed by atoms with E-state index in [4.69, 9.17) is 0 Å². The van der Waals surface area contributed by atoms with Gasteiger partial charge in [-0.2, -0.15) is 0 Å². The van der Waals surface area contributed by atoms with E-state index in [-0.39, 0.29) is 0 Å². The number of nitrogens with zero attached hydrogens (tertiary/aromatic N) is 2. The molecule has 0 fully saturated rings. The van der Waals surface area contributed by atoms with Crippen molar-refractivity contribution in [3.8, 4) is 0 Å². The number of fused-ring (bicyclic) bond motifs is 1. The monoisotopic (exact) mass is 216 g/mol. The van der Waals surface area contributed by atoms with E-state index in [0.717, 1.165) is 5.52 Å². The fraction of sp³-hybridized carbons (Fsp3) is 0.333. The van der Waals surface area contributed by atoms with Gasteiger partial charge in [0.1, 0.15) is 5.01 Å². The van der Waals surface area contributed by atoms with Crippen LogP contribution in [0.4, 0.5) is 0 Å². The SMILES string of the molecule is C1=C(c2nc3ccncc3s2)CCCC1. The third-order valence-electron chi connectivity index (χ3n) is 2.76. The van der Waals surface area contributed by atoms with Gasteiger partial charge in [0.15, 0.2) is 0 Å². The van der Waals surface area contributed by atoms with Crippen LogP contribution in [0.3, 0.4) is 0 Å². The molecule has 15 heavy (non-hydrogen) atoms. The molecule has 76 valence electrons. The molecule has 0 atom stereocenters. The number of allylic oxidation sites excluding steroid dienone is 2. The zero-order valence-corrected chi connectivity index (χ0v) is 9.26. The van der Waals surface area contributed by atoms with Crippen LogP contribution < -0.4 is 0 Å². The predicted molar refractivity (Wildman–Crippen MR) is 63.9 cm³/mol. The minimum atomic E-state index is 1.08. The summed E-state index contributed by atoms with van der Waals surface area (Å²) in [5.74, 6) is 0. The van der Waals surface area contributed by atoms with Crippen LogP contribution in [0.15, 0.2) is 24.5 Å². The minimum Gasteiger partial charge on any atom is -0.263 e. The van der Waals surface area contributed by atoms with Crippen molar-refractivity contribution in [1.29, 1.82) is 0 Å². The summed E-state index contributed by atoms with van der Waals surface area (Å²) in [6.07, 6.45) is 11.1. The van der Waals surface area contributed by atoms with Crippen LogP contribution in [-0.2, 0) is 0 Å². The zero-order chi connectivity index (χ0) is 10.1. The van der Waals surface area contributed by atoms with Gasteiger partial charge in [0.25, 0.3) is 0 Å². The van der Waals surface area contributed by atoms with E-state index in [1.165, 1.54) is 41.0 Å². The van der Waals surface area contributed by atoms with Crippen LogP contribution in [0, 0.1) is 0 Å². The van der Waals surface area contributed by atoms with Gasteiger partial charge in [-0.05, 0) is 37.3 Å². The molecule has 0 unspecified atom stereocenters. The highest BCUT2D eigenvalue weighted by molar-refractivity contribution is 7.19. The van der Waals surface area contributed by atoms with Crippen molar-refractivity contribution in [2.75, 3.05) is 0 Å². The molecule has 0 radical (unpaired) electrons. The molecule has 0 amide bonds. The van der Waals surface area contributed by atoms with Gasteiger partial charge >= 0.3 is 0 Å². The van der Waals surface area contributed by atoms with Gasteiger partial charge < -0.3 is 0 Å². The van der Waals surface area contributed by atoms with E-state index in [0.29, 0.717) is 0 Å². The maximum Gasteiger partial charge on any atom is 0.120 e. The van der Waals surface area contributed by atoms with E-state index in [1.807, 2.05) is 12.3 Å². The molecule has 0 saturated carbocycles. The molecule has 1 aliphatic rings. The van der Waals surface area contributed by atoms with E-state index >= 15 is 0 Å². The van der Waals surface area contributed by atoms with E-state index < -0.39 is 0 Å². The first-order chi connectivity index (χ1) is 7.43. The zero-order valence-electron chi connectivity index (χ0n) is 8.44. The Bertz CT molecular complexity index is 480. The second kappa shape index (κ2) is 3.74. The lowest BCUT2D eigenvalue weighted by Gasteiger charge is -2.08. The lowest BCUT2D eigenvalue weighted by molar-refractivity contribution is 0.741. The van der Waals surface area contributed by atoms with E-state index in [2.05, 4.69) is 16.0 Å². The molecule has 3 heteroatoms. The normalized spacial score (nSPS) is 16.7. The van der Waals surface area contributed by atoms with Gasteiger partial charge in [0.05, 0.1) is 10.2 Å². The quantitative estimate of drug-likeness (QED) is 0.727. The Kier molecular flexibility index (Phi) is 2.25. The summed E-state index contributed by atoms with van der Waals surface area (Å²) in [5.41, 5.74) is 2.51. The van der Waals surface area contributed by atoms with Crippen molar-refractivity contribution in [2.45, 2.75) is 25.7 Å². The average molecular weight is 216 g/mol. The highest BCUT2D eigenvalue weighted by Gasteiger charge is 2.10. The smallest absolute Gasteiger partial charge is 0.120 e. The number of aromatic nitrogens is 2. The number of hydrogen-bond donors (Lipinski definition) is 0. The van der Waals surface area contributed by atoms with Crippen LogP contribution in [0.1, 0.15) is 30.7 Å². The van der Waals surface area contributed by atoms with Crippen molar-refractivity contribution in [3.63, 3.8) is 0 Å². The van der Waals surface area contributed by atoms with Gasteiger partial charge in [0, 0.05) is 12.4 Å². The molecule has 2 nitrogen and oxygen atoms in total. The van der Waals surface area contributed by atoms with Gasteiger partial charge in [-0.3, -0.25) is 4.98 Å². The summed E-state index contributed by atoms with van der Waals surface area (Å²) in [7, 11) is 0. The third kappa shape index (κ3) is 1.67. The Hall–Kier alpha value is -1.22. The third-order valence-corrected chi connectivity index (χ3v) is 3.84. The van der Waals surface area contributed by atoms with Crippen molar-refractivity contribution in [1.82, 2.24) is 9.97 Å². The first-order valence-electron chi connectivity index (χ1n) is 5.33. The predicted octanol–water partition coefficient (Wildman–Crippen LogP) is 3.65. The number of pyridine rings is 1. The Balaban J connectivity index is 2.07. The highest BCUT2D eigenvalue weighted by Crippen LogP contribution is 2.31. The summed E-state index contributed by atoms with van der Waals surface area (Å²) < 4.78 is 1.19. The molecule has 1 aliphatic carbocycles. The van der Waals surface area contributed by atoms with Gasteiger partial charge in [-0.1, -0.05) is 6.08 Å². The Labute approximate surface area is 92.7 Å². The molecule has 0 aromatic carbocycles. The van der Waals surface area contributed by atoms with Crippen LogP contribution in [0.25, 0.3) is 15.8 Å². The molecule has 0 saturated heterocycles. The van der Waals surface area contributed by atoms with Gasteiger partial charge in [-0.15, -0.1) is 11.3 Å². The summed E-state index contributed by atoms with van der Waals surface area (Å²) in [5, 5.41) is 1.19. The first-order valence-corrected chi connectivity index (χ1v) is 6.15. The topological polar surface area (TPSA) is 25.8 Å². The Morgan fingerprint density at radius 1 is 1.27 bits per heavy atom. The molecule has 0 bridgehead atoms. The second-order valence-corrected chi connectivity index (χ2v) is 4.87. The molecule has 0 N–H and O–H groups in total. The molecule has 2 heterocycles. The molecule has 2 aromatic heterocycles. The highest BCUT2D eigenvalue weighted by atomic mass is 32.1. The lowest BCUT2D eigenvalue weighted by Crippen LogP contribution is -1.90. The summed E-state index contributed by atoms with van der Waals surface area (Å²) >= 11 is 1.76. The van der Waals surface area contributed by atoms with E-state index in [1.54, 1.807) is 17.5 Å². The fourth-order valence-corrected chi connectivity index (χ4v) is 2.95. The first kappa shape index (κ1) is 9.04. The minimum absolute atomic E-state index is 1.08. The van der Waals surface area contributed by atoms with Crippen LogP contribution in [-0.4, -0.2) is 9.97 Å². The number of rotatable bonds is 1. The Morgan fingerprint density at radius 3 is 3.07 bits per heavy atom. The van der Waals surface area contributed by atoms with E-state index in [9.17, 15) is 0 Å². The molecule has 0 spiro atoms. The molecular formula is C12H12N2S. The van der Waals surface area contributed by atoms with Crippen LogP contribution >= 0.6 is 11.3 Å². The summed E-state index contributed by atoms with van der Waals surface area (Å²) in [6, 6.07) is 1.98. The van der Waals surface area contributed by atoms with Crippen molar-refractivity contribution < 1.29 is 0 Å². The largest absolute Gasteiger partial charge is 0.263 e.